The molecular formula is C22H31FN4O2. The molecule has 2 heterocycles. The van der Waals surface area contributed by atoms with Gasteiger partial charge in [-0.25, -0.2) is 4.39 Å². The summed E-state index contributed by atoms with van der Waals surface area (Å²) in [5, 5.41) is 4.34. The van der Waals surface area contributed by atoms with Crippen molar-refractivity contribution in [2.24, 2.45) is 5.92 Å². The van der Waals surface area contributed by atoms with Crippen molar-refractivity contribution >= 4 is 11.8 Å². The standard InChI is InChI=1S/C22H31FN4O2/c1-15(2)21(28)27(16(3)4)14-19-20(17-6-8-18(23)9-7-17)24-29-22(19)26-12-10-25(5)11-13-26/h6-9,15-16H,10-14H2,1-5H3. The molecule has 0 spiro atoms. The number of rotatable bonds is 6. The number of halogens is 1. The maximum atomic E-state index is 13.4. The number of anilines is 1. The van der Waals surface area contributed by atoms with Crippen LogP contribution in [0.4, 0.5) is 10.3 Å². The molecule has 0 atom stereocenters. The lowest BCUT2D eigenvalue weighted by atomic mass is 10.0. The Balaban J connectivity index is 2.01. The van der Waals surface area contributed by atoms with Crippen molar-refractivity contribution in [2.45, 2.75) is 40.3 Å². The van der Waals surface area contributed by atoms with Crippen molar-refractivity contribution in [1.82, 2.24) is 15.0 Å². The summed E-state index contributed by atoms with van der Waals surface area (Å²) >= 11 is 0. The first kappa shape index (κ1) is 21.3. The quantitative estimate of drug-likeness (QED) is 0.739. The summed E-state index contributed by atoms with van der Waals surface area (Å²) in [5.41, 5.74) is 2.33. The Morgan fingerprint density at radius 3 is 2.31 bits per heavy atom. The first-order chi connectivity index (χ1) is 13.8. The van der Waals surface area contributed by atoms with E-state index in [0.717, 1.165) is 37.3 Å². The van der Waals surface area contributed by atoms with Gasteiger partial charge in [0.1, 0.15) is 11.5 Å². The van der Waals surface area contributed by atoms with E-state index in [-0.39, 0.29) is 23.7 Å². The van der Waals surface area contributed by atoms with Gasteiger partial charge >= 0.3 is 0 Å². The summed E-state index contributed by atoms with van der Waals surface area (Å²) in [6.45, 7) is 11.8. The van der Waals surface area contributed by atoms with Gasteiger partial charge in [0.05, 0.1) is 12.1 Å². The summed E-state index contributed by atoms with van der Waals surface area (Å²) in [6, 6.07) is 6.29. The zero-order valence-electron chi connectivity index (χ0n) is 18.0. The van der Waals surface area contributed by atoms with Crippen molar-refractivity contribution in [2.75, 3.05) is 38.1 Å². The van der Waals surface area contributed by atoms with Crippen LogP contribution in [0, 0.1) is 11.7 Å². The molecule has 6 nitrogen and oxygen atoms in total. The molecule has 0 aliphatic carbocycles. The number of carbonyl (C=O) groups excluding carboxylic acids is 1. The van der Waals surface area contributed by atoms with Crippen molar-refractivity contribution in [1.29, 1.82) is 0 Å². The molecule has 0 N–H and O–H groups in total. The first-order valence-electron chi connectivity index (χ1n) is 10.3. The Morgan fingerprint density at radius 2 is 1.76 bits per heavy atom. The van der Waals surface area contributed by atoms with Crippen molar-refractivity contribution in [3.8, 4) is 11.3 Å². The summed E-state index contributed by atoms with van der Waals surface area (Å²) in [6.07, 6.45) is 0. The Morgan fingerprint density at radius 1 is 1.14 bits per heavy atom. The Hall–Kier alpha value is -2.41. The first-order valence-corrected chi connectivity index (χ1v) is 10.3. The third kappa shape index (κ3) is 4.78. The van der Waals surface area contributed by atoms with Gasteiger partial charge in [0.25, 0.3) is 0 Å². The predicted octanol–water partition coefficient (Wildman–Crippen LogP) is 3.63. The van der Waals surface area contributed by atoms with Crippen LogP contribution in [0.15, 0.2) is 28.8 Å². The average molecular weight is 403 g/mol. The van der Waals surface area contributed by atoms with Gasteiger partial charge in [-0.3, -0.25) is 4.79 Å². The summed E-state index contributed by atoms with van der Waals surface area (Å²) in [7, 11) is 2.10. The zero-order chi connectivity index (χ0) is 21.1. The molecule has 1 aromatic carbocycles. The molecule has 1 aliphatic heterocycles. The highest BCUT2D eigenvalue weighted by Gasteiger charge is 2.29. The van der Waals surface area contributed by atoms with Crippen LogP contribution >= 0.6 is 0 Å². The van der Waals surface area contributed by atoms with E-state index in [4.69, 9.17) is 4.52 Å². The molecule has 1 fully saturated rings. The largest absolute Gasteiger partial charge is 0.338 e. The minimum atomic E-state index is -0.295. The number of likely N-dealkylation sites (N-methyl/N-ethyl adjacent to an activating group) is 1. The normalized spacial score (nSPS) is 15.4. The summed E-state index contributed by atoms with van der Waals surface area (Å²) in [5.74, 6) is 0.408. The van der Waals surface area contributed by atoms with Crippen LogP contribution in [0.25, 0.3) is 11.3 Å². The van der Waals surface area contributed by atoms with Gasteiger partial charge in [0, 0.05) is 43.7 Å². The van der Waals surface area contributed by atoms with Crippen LogP contribution in [0.3, 0.4) is 0 Å². The van der Waals surface area contributed by atoms with Gasteiger partial charge in [-0.05, 0) is 45.2 Å². The molecule has 1 saturated heterocycles. The van der Waals surface area contributed by atoms with Crippen LogP contribution in [0.2, 0.25) is 0 Å². The zero-order valence-corrected chi connectivity index (χ0v) is 18.0. The topological polar surface area (TPSA) is 52.8 Å². The molecule has 1 amide bonds. The van der Waals surface area contributed by atoms with Gasteiger partial charge in [-0.2, -0.15) is 0 Å². The Bertz CT molecular complexity index is 824. The summed E-state index contributed by atoms with van der Waals surface area (Å²) in [4.78, 5) is 19.2. The predicted molar refractivity (Wildman–Crippen MR) is 112 cm³/mol. The fraction of sp³-hybridized carbons (Fsp3) is 0.545. The number of benzene rings is 1. The Labute approximate surface area is 172 Å². The molecule has 0 unspecified atom stereocenters. The van der Waals surface area contributed by atoms with E-state index in [1.807, 2.05) is 32.6 Å². The lowest BCUT2D eigenvalue weighted by Gasteiger charge is -2.33. The van der Waals surface area contributed by atoms with E-state index in [1.165, 1.54) is 12.1 Å². The van der Waals surface area contributed by atoms with Crippen LogP contribution in [0.1, 0.15) is 33.3 Å². The van der Waals surface area contributed by atoms with E-state index in [1.54, 1.807) is 12.1 Å². The molecule has 0 radical (unpaired) electrons. The molecule has 7 heteroatoms. The number of piperazine rings is 1. The van der Waals surface area contributed by atoms with Gasteiger partial charge in [-0.15, -0.1) is 0 Å². The van der Waals surface area contributed by atoms with Crippen LogP contribution < -0.4 is 4.90 Å². The maximum absolute atomic E-state index is 13.4. The molecule has 0 saturated carbocycles. The minimum absolute atomic E-state index is 0.0428. The van der Waals surface area contributed by atoms with Gasteiger partial charge in [0.2, 0.25) is 11.8 Å². The molecule has 0 bridgehead atoms. The fourth-order valence-electron chi connectivity index (χ4n) is 3.55. The number of nitrogens with zero attached hydrogens (tertiary/aromatic N) is 4. The smallest absolute Gasteiger partial charge is 0.232 e. The number of hydrogen-bond acceptors (Lipinski definition) is 5. The number of hydrogen-bond donors (Lipinski definition) is 0. The SMILES string of the molecule is CC(C)C(=O)N(Cc1c(-c2ccc(F)cc2)noc1N1CCN(C)CC1)C(C)C. The second-order valence-corrected chi connectivity index (χ2v) is 8.33. The molecule has 3 rings (SSSR count). The van der Waals surface area contributed by atoms with Crippen molar-refractivity contribution < 1.29 is 13.7 Å². The number of aromatic nitrogens is 1. The third-order valence-electron chi connectivity index (χ3n) is 5.40. The van der Waals surface area contributed by atoms with E-state index < -0.39 is 0 Å². The molecule has 2 aromatic rings. The number of carbonyl (C=O) groups is 1. The average Bonchev–Trinajstić information content (AvgIpc) is 3.10. The van der Waals surface area contributed by atoms with E-state index in [9.17, 15) is 9.18 Å². The molecule has 158 valence electrons. The second-order valence-electron chi connectivity index (χ2n) is 8.33. The van der Waals surface area contributed by atoms with Crippen LogP contribution in [0.5, 0.6) is 0 Å². The number of amides is 1. The van der Waals surface area contributed by atoms with Crippen LogP contribution in [-0.2, 0) is 11.3 Å². The molecule has 29 heavy (non-hydrogen) atoms. The third-order valence-corrected chi connectivity index (χ3v) is 5.40. The summed E-state index contributed by atoms with van der Waals surface area (Å²) < 4.78 is 19.2. The van der Waals surface area contributed by atoms with Crippen molar-refractivity contribution in [3.63, 3.8) is 0 Å². The maximum Gasteiger partial charge on any atom is 0.232 e. The van der Waals surface area contributed by atoms with E-state index >= 15 is 0 Å². The lowest BCUT2D eigenvalue weighted by Crippen LogP contribution is -2.45. The van der Waals surface area contributed by atoms with E-state index in [0.29, 0.717) is 18.1 Å². The van der Waals surface area contributed by atoms with Gasteiger partial charge < -0.3 is 19.2 Å². The molecule has 1 aliphatic rings. The highest BCUT2D eigenvalue weighted by Crippen LogP contribution is 2.33. The van der Waals surface area contributed by atoms with Crippen molar-refractivity contribution in [3.05, 3.63) is 35.6 Å². The highest BCUT2D eigenvalue weighted by atomic mass is 19.1. The highest BCUT2D eigenvalue weighted by molar-refractivity contribution is 5.79. The fourth-order valence-corrected chi connectivity index (χ4v) is 3.55. The monoisotopic (exact) mass is 402 g/mol. The van der Waals surface area contributed by atoms with Gasteiger partial charge in [-0.1, -0.05) is 19.0 Å². The van der Waals surface area contributed by atoms with Gasteiger partial charge in [0.15, 0.2) is 0 Å². The second kappa shape index (κ2) is 8.95. The molecule has 1 aromatic heterocycles. The van der Waals surface area contributed by atoms with Crippen LogP contribution in [-0.4, -0.2) is 60.1 Å². The van der Waals surface area contributed by atoms with E-state index in [2.05, 4.69) is 22.0 Å². The molecular weight excluding hydrogens is 371 g/mol. The lowest BCUT2D eigenvalue weighted by molar-refractivity contribution is -0.136. The minimum Gasteiger partial charge on any atom is -0.338 e. The Kier molecular flexibility index (Phi) is 6.57.